The number of aldehydes is 1. The summed E-state index contributed by atoms with van der Waals surface area (Å²) >= 11 is 1.57. The maximum absolute atomic E-state index is 13.5. The fourth-order valence-corrected chi connectivity index (χ4v) is 7.21. The predicted octanol–water partition coefficient (Wildman–Crippen LogP) is 4.08. The van der Waals surface area contributed by atoms with Crippen molar-refractivity contribution in [3.8, 4) is 11.8 Å². The molecule has 14 heteroatoms. The van der Waals surface area contributed by atoms with Gasteiger partial charge in [0.05, 0.1) is 43.8 Å². The lowest BCUT2D eigenvalue weighted by atomic mass is 9.70. The van der Waals surface area contributed by atoms with E-state index >= 15 is 0 Å². The molecule has 0 spiro atoms. The Morgan fingerprint density at radius 2 is 1.89 bits per heavy atom. The zero-order chi connectivity index (χ0) is 39.1. The summed E-state index contributed by atoms with van der Waals surface area (Å²) in [6, 6.07) is 10.8. The molecule has 0 bridgehead atoms. The average molecular weight is 774 g/mol. The number of aromatic nitrogens is 1. The largest absolute Gasteiger partial charge is 0.378 e. The second kappa shape index (κ2) is 24.1. The van der Waals surface area contributed by atoms with E-state index in [0.29, 0.717) is 76.9 Å². The van der Waals surface area contributed by atoms with Crippen molar-refractivity contribution >= 4 is 48.3 Å². The molecular formula is C41H55N7O6S. The summed E-state index contributed by atoms with van der Waals surface area (Å²) in [6.45, 7) is 7.49. The average Bonchev–Trinajstić information content (AvgIpc) is 3.53. The highest BCUT2D eigenvalue weighted by atomic mass is 32.2. The van der Waals surface area contributed by atoms with Crippen LogP contribution in [0, 0.1) is 17.3 Å². The van der Waals surface area contributed by atoms with Crippen LogP contribution in [0.3, 0.4) is 0 Å². The Labute approximate surface area is 329 Å². The van der Waals surface area contributed by atoms with Gasteiger partial charge in [0.25, 0.3) is 5.91 Å². The van der Waals surface area contributed by atoms with Gasteiger partial charge < -0.3 is 40.4 Å². The van der Waals surface area contributed by atoms with Crippen molar-refractivity contribution in [3.05, 3.63) is 70.4 Å². The fraction of sp³-hybridized carbons (Fsp3) is 0.512. The number of hydrogen-bond acceptors (Lipinski definition) is 11. The van der Waals surface area contributed by atoms with E-state index in [1.54, 1.807) is 31.1 Å². The third kappa shape index (κ3) is 14.2. The molecule has 1 atom stereocenters. The van der Waals surface area contributed by atoms with Gasteiger partial charge in [-0.15, -0.1) is 11.8 Å². The number of aliphatic imine (C=N–C) groups is 1. The number of rotatable bonds is 24. The van der Waals surface area contributed by atoms with E-state index in [9.17, 15) is 19.2 Å². The molecule has 2 aliphatic rings. The topological polar surface area (TPSA) is 163 Å². The van der Waals surface area contributed by atoms with Crippen LogP contribution in [0.5, 0.6) is 0 Å². The first-order chi connectivity index (χ1) is 26.9. The van der Waals surface area contributed by atoms with E-state index in [1.165, 1.54) is 4.90 Å². The molecule has 55 heavy (non-hydrogen) atoms. The van der Waals surface area contributed by atoms with Gasteiger partial charge in [-0.1, -0.05) is 37.2 Å². The second-order valence-corrected chi connectivity index (χ2v) is 14.4. The maximum Gasteiger partial charge on any atom is 0.255 e. The lowest BCUT2D eigenvalue weighted by molar-refractivity contribution is -0.133. The summed E-state index contributed by atoms with van der Waals surface area (Å²) in [4.78, 5) is 59.6. The fourth-order valence-electron chi connectivity index (χ4n) is 6.71. The number of amides is 3. The molecule has 3 amide bonds. The molecule has 1 aliphatic carbocycles. The second-order valence-electron chi connectivity index (χ2n) is 13.5. The van der Waals surface area contributed by atoms with E-state index in [0.717, 1.165) is 61.0 Å². The Hall–Kier alpha value is -4.55. The van der Waals surface area contributed by atoms with Crippen LogP contribution in [-0.4, -0.2) is 106 Å². The highest BCUT2D eigenvalue weighted by Crippen LogP contribution is 2.39. The number of pyridine rings is 1. The monoisotopic (exact) mass is 773 g/mol. The van der Waals surface area contributed by atoms with Gasteiger partial charge in [-0.25, -0.2) is 4.98 Å². The maximum atomic E-state index is 13.5. The van der Waals surface area contributed by atoms with Gasteiger partial charge in [0.2, 0.25) is 11.8 Å². The summed E-state index contributed by atoms with van der Waals surface area (Å²) < 4.78 is 11.4. The van der Waals surface area contributed by atoms with Gasteiger partial charge in [-0.2, -0.15) is 0 Å². The molecule has 1 saturated carbocycles. The molecule has 2 aromatic rings. The molecule has 1 aliphatic heterocycles. The molecule has 1 fully saturated rings. The first kappa shape index (κ1) is 43.2. The van der Waals surface area contributed by atoms with Crippen LogP contribution in [0.1, 0.15) is 78.5 Å². The number of nitrogens with one attached hydrogen (secondary N) is 4. The van der Waals surface area contributed by atoms with E-state index in [4.69, 9.17) is 14.5 Å². The number of anilines is 1. The normalized spacial score (nSPS) is 15.1. The molecule has 0 radical (unpaired) electrons. The first-order valence-corrected chi connectivity index (χ1v) is 20.1. The molecule has 13 nitrogen and oxygen atoms in total. The van der Waals surface area contributed by atoms with Gasteiger partial charge in [-0.05, 0) is 67.3 Å². The molecular weight excluding hydrogens is 719 g/mol. The Kier molecular flexibility index (Phi) is 18.9. The first-order valence-electron chi connectivity index (χ1n) is 19.0. The minimum absolute atomic E-state index is 0.0803. The van der Waals surface area contributed by atoms with Gasteiger partial charge in [0.15, 0.2) is 0 Å². The molecule has 1 aromatic carbocycles. The number of carbonyl (C=O) groups is 4. The zero-order valence-electron chi connectivity index (χ0n) is 31.9. The lowest BCUT2D eigenvalue weighted by Gasteiger charge is -2.35. The summed E-state index contributed by atoms with van der Waals surface area (Å²) in [7, 11) is 1.55. The molecule has 4 N–H and O–H groups in total. The van der Waals surface area contributed by atoms with Crippen molar-refractivity contribution in [2.24, 2.45) is 10.4 Å². The number of fused-ring (bicyclic) bond motifs is 1. The minimum Gasteiger partial charge on any atom is -0.378 e. The predicted molar refractivity (Wildman–Crippen MR) is 217 cm³/mol. The highest BCUT2D eigenvalue weighted by molar-refractivity contribution is 8.02. The minimum atomic E-state index is -0.644. The van der Waals surface area contributed by atoms with E-state index in [1.807, 2.05) is 35.7 Å². The van der Waals surface area contributed by atoms with Gasteiger partial charge in [0, 0.05) is 75.5 Å². The van der Waals surface area contributed by atoms with Gasteiger partial charge >= 0.3 is 0 Å². The summed E-state index contributed by atoms with van der Waals surface area (Å²) in [5.41, 5.74) is 2.68. The third-order valence-corrected chi connectivity index (χ3v) is 10.3. The Morgan fingerprint density at radius 3 is 2.65 bits per heavy atom. The zero-order valence-corrected chi connectivity index (χ0v) is 32.7. The smallest absolute Gasteiger partial charge is 0.255 e. The Balaban J connectivity index is 1.05. The summed E-state index contributed by atoms with van der Waals surface area (Å²) in [6.07, 6.45) is 9.05. The Bertz CT molecular complexity index is 1670. The van der Waals surface area contributed by atoms with Crippen LogP contribution in [-0.2, 0) is 36.8 Å². The number of carbonyl (C=O) groups excluding carboxylic acids is 4. The quantitative estimate of drug-likeness (QED) is 0.0402. The number of nitrogens with zero attached hydrogens (tertiary/aromatic N) is 3. The number of hydrogen-bond donors (Lipinski definition) is 4. The summed E-state index contributed by atoms with van der Waals surface area (Å²) in [5, 5.41) is 14.2. The molecule has 4 rings (SSSR count). The van der Waals surface area contributed by atoms with Crippen LogP contribution in [0.4, 0.5) is 5.82 Å². The number of ether oxygens (including phenoxy) is 2. The van der Waals surface area contributed by atoms with Crippen LogP contribution in [0.2, 0.25) is 0 Å². The van der Waals surface area contributed by atoms with Crippen LogP contribution < -0.4 is 21.3 Å². The van der Waals surface area contributed by atoms with Crippen molar-refractivity contribution in [1.82, 2.24) is 25.8 Å². The number of benzene rings is 1. The molecule has 2 heterocycles. The molecule has 1 aromatic heterocycles. The highest BCUT2D eigenvalue weighted by Gasteiger charge is 2.40. The standard InChI is InChI=1S/C41H55N7O6S/c1-42-21-26-55-31-46-37-11-8-10-34(47-37)28-41(16-5-3-6-17-41)40(52)45-20-23-54-25-24-53-22-19-44-18-7-4-9-32-12-14-36-33(27-32)29-48(39(36)51)35(30-49)13-15-38(50)43-2/h8,10-12,14,21,26-27,30,35,44H,1,3,5-7,13,15-20,22-25,28-29,31H2,2H3,(H,43,50)(H,45,52)(H,46,47)/b26-21-. The van der Waals surface area contributed by atoms with Crippen LogP contribution >= 0.6 is 11.8 Å². The van der Waals surface area contributed by atoms with Crippen molar-refractivity contribution in [2.75, 3.05) is 64.3 Å². The van der Waals surface area contributed by atoms with Crippen molar-refractivity contribution < 1.29 is 28.7 Å². The Morgan fingerprint density at radius 1 is 1.09 bits per heavy atom. The van der Waals surface area contributed by atoms with Crippen LogP contribution in [0.15, 0.2) is 53.0 Å². The third-order valence-electron chi connectivity index (χ3n) is 9.64. The van der Waals surface area contributed by atoms with Crippen molar-refractivity contribution in [2.45, 2.75) is 70.4 Å². The molecule has 0 saturated heterocycles. The number of thioether (sulfide) groups is 1. The van der Waals surface area contributed by atoms with E-state index in [-0.39, 0.29) is 30.6 Å². The SMILES string of the molecule is C=N/C=C\SCNc1cccc(CC2(C(=O)NCCOCCOCCNCCC#Cc3ccc4c(c3)CN(C(C=O)CCC(=O)NC)C4=O)CCCCC2)n1. The van der Waals surface area contributed by atoms with E-state index in [2.05, 4.69) is 44.8 Å². The summed E-state index contributed by atoms with van der Waals surface area (Å²) in [5.74, 6) is 7.49. The van der Waals surface area contributed by atoms with Crippen molar-refractivity contribution in [3.63, 3.8) is 0 Å². The van der Waals surface area contributed by atoms with Gasteiger partial charge in [-0.3, -0.25) is 19.4 Å². The van der Waals surface area contributed by atoms with E-state index < -0.39 is 11.5 Å². The molecule has 1 unspecified atom stereocenters. The van der Waals surface area contributed by atoms with Gasteiger partial charge in [0.1, 0.15) is 12.1 Å². The lowest BCUT2D eigenvalue weighted by Crippen LogP contribution is -2.45. The van der Waals surface area contributed by atoms with Crippen molar-refractivity contribution in [1.29, 1.82) is 0 Å². The molecule has 296 valence electrons. The van der Waals surface area contributed by atoms with Crippen LogP contribution in [0.25, 0.3) is 0 Å².